The Hall–Kier alpha value is -1.21. The molecule has 0 saturated heterocycles. The van der Waals surface area contributed by atoms with Crippen molar-refractivity contribution in [3.8, 4) is 0 Å². The van der Waals surface area contributed by atoms with E-state index in [9.17, 15) is 0 Å². The van der Waals surface area contributed by atoms with Crippen LogP contribution in [0.4, 0.5) is 5.69 Å². The molecule has 74 valence electrons. The Morgan fingerprint density at radius 3 is 2.21 bits per heavy atom. The summed E-state index contributed by atoms with van der Waals surface area (Å²) >= 11 is 5.73. The molecule has 2 N–H and O–H groups in total. The SMILES string of the molecule is C/C(Cl)=C\C=C(/C)c1ccc(N)cc1. The first-order valence-corrected chi connectivity index (χ1v) is 4.84. The van der Waals surface area contributed by atoms with Gasteiger partial charge in [0.15, 0.2) is 0 Å². The normalized spacial score (nSPS) is 13.1. The van der Waals surface area contributed by atoms with Crippen LogP contribution in [0.15, 0.2) is 41.4 Å². The molecule has 0 heterocycles. The van der Waals surface area contributed by atoms with E-state index >= 15 is 0 Å². The maximum Gasteiger partial charge on any atom is 0.0314 e. The predicted octanol–water partition coefficient (Wildman–Crippen LogP) is 3.81. The van der Waals surface area contributed by atoms with Gasteiger partial charge in [0.2, 0.25) is 0 Å². The Kier molecular flexibility index (Phi) is 3.78. The van der Waals surface area contributed by atoms with Gasteiger partial charge in [0, 0.05) is 10.7 Å². The monoisotopic (exact) mass is 207 g/mol. The number of benzene rings is 1. The van der Waals surface area contributed by atoms with E-state index < -0.39 is 0 Å². The van der Waals surface area contributed by atoms with Crippen LogP contribution in [0, 0.1) is 0 Å². The molecule has 1 rings (SSSR count). The van der Waals surface area contributed by atoms with E-state index in [4.69, 9.17) is 17.3 Å². The number of hydrogen-bond donors (Lipinski definition) is 1. The van der Waals surface area contributed by atoms with Gasteiger partial charge < -0.3 is 5.73 Å². The molecule has 1 aromatic rings. The zero-order valence-electron chi connectivity index (χ0n) is 8.42. The van der Waals surface area contributed by atoms with Crippen LogP contribution in [0.1, 0.15) is 19.4 Å². The summed E-state index contributed by atoms with van der Waals surface area (Å²) < 4.78 is 0. The maximum atomic E-state index is 5.73. The van der Waals surface area contributed by atoms with E-state index in [2.05, 4.69) is 0 Å². The maximum absolute atomic E-state index is 5.73. The van der Waals surface area contributed by atoms with Gasteiger partial charge in [-0.05, 0) is 43.2 Å². The third-order valence-electron chi connectivity index (χ3n) is 1.93. The van der Waals surface area contributed by atoms with Crippen LogP contribution >= 0.6 is 11.6 Å². The van der Waals surface area contributed by atoms with Crippen LogP contribution < -0.4 is 5.73 Å². The summed E-state index contributed by atoms with van der Waals surface area (Å²) in [5.41, 5.74) is 8.71. The Morgan fingerprint density at radius 1 is 1.14 bits per heavy atom. The van der Waals surface area contributed by atoms with Crippen LogP contribution in [0.5, 0.6) is 0 Å². The number of anilines is 1. The topological polar surface area (TPSA) is 26.0 Å². The van der Waals surface area contributed by atoms with Gasteiger partial charge in [0.05, 0.1) is 0 Å². The van der Waals surface area contributed by atoms with E-state index in [0.717, 1.165) is 16.3 Å². The van der Waals surface area contributed by atoms with E-state index in [1.807, 2.05) is 50.3 Å². The van der Waals surface area contributed by atoms with Crippen molar-refractivity contribution in [2.75, 3.05) is 5.73 Å². The molecule has 0 fully saturated rings. The second kappa shape index (κ2) is 4.87. The molecule has 1 nitrogen and oxygen atoms in total. The summed E-state index contributed by atoms with van der Waals surface area (Å²) in [6.45, 7) is 3.90. The first kappa shape index (κ1) is 10.9. The molecule has 14 heavy (non-hydrogen) atoms. The molecule has 0 aliphatic rings. The average Bonchev–Trinajstić information content (AvgIpc) is 2.15. The van der Waals surface area contributed by atoms with Gasteiger partial charge in [-0.15, -0.1) is 0 Å². The van der Waals surface area contributed by atoms with Gasteiger partial charge in [0.1, 0.15) is 0 Å². The van der Waals surface area contributed by atoms with Gasteiger partial charge in [-0.1, -0.05) is 29.8 Å². The second-order valence-corrected chi connectivity index (χ2v) is 3.82. The van der Waals surface area contributed by atoms with E-state index in [1.54, 1.807) is 0 Å². The van der Waals surface area contributed by atoms with Crippen LogP contribution in [0.2, 0.25) is 0 Å². The first-order valence-electron chi connectivity index (χ1n) is 4.46. The van der Waals surface area contributed by atoms with Crippen molar-refractivity contribution in [2.24, 2.45) is 0 Å². The summed E-state index contributed by atoms with van der Waals surface area (Å²) in [4.78, 5) is 0. The van der Waals surface area contributed by atoms with Gasteiger partial charge in [-0.25, -0.2) is 0 Å². The van der Waals surface area contributed by atoms with Gasteiger partial charge in [-0.2, -0.15) is 0 Å². The lowest BCUT2D eigenvalue weighted by atomic mass is 10.1. The first-order chi connectivity index (χ1) is 6.59. The van der Waals surface area contributed by atoms with Crippen molar-refractivity contribution in [1.29, 1.82) is 0 Å². The van der Waals surface area contributed by atoms with Crippen LogP contribution in [0.25, 0.3) is 5.57 Å². The number of nitrogen functional groups attached to an aromatic ring is 1. The molecule has 0 amide bonds. The molecule has 0 spiro atoms. The Bertz CT molecular complexity index is 356. The third-order valence-corrected chi connectivity index (χ3v) is 2.06. The van der Waals surface area contributed by atoms with E-state index in [0.29, 0.717) is 0 Å². The van der Waals surface area contributed by atoms with Crippen LogP contribution in [-0.4, -0.2) is 0 Å². The Labute approximate surface area is 89.9 Å². The summed E-state index contributed by atoms with van der Waals surface area (Å²) in [6, 6.07) is 7.78. The molecular weight excluding hydrogens is 194 g/mol. The van der Waals surface area contributed by atoms with Crippen molar-refractivity contribution in [1.82, 2.24) is 0 Å². The van der Waals surface area contributed by atoms with E-state index in [-0.39, 0.29) is 0 Å². The lowest BCUT2D eigenvalue weighted by Gasteiger charge is -2.00. The molecule has 0 saturated carbocycles. The molecular formula is C12H14ClN. The highest BCUT2D eigenvalue weighted by atomic mass is 35.5. The van der Waals surface area contributed by atoms with Crippen molar-refractivity contribution in [3.05, 3.63) is 47.0 Å². The van der Waals surface area contributed by atoms with Crippen LogP contribution in [-0.2, 0) is 0 Å². The smallest absolute Gasteiger partial charge is 0.0314 e. The summed E-state index contributed by atoms with van der Waals surface area (Å²) in [6.07, 6.45) is 3.88. The highest BCUT2D eigenvalue weighted by molar-refractivity contribution is 6.29. The highest BCUT2D eigenvalue weighted by Gasteiger charge is 1.93. The third kappa shape index (κ3) is 3.27. The number of rotatable bonds is 2. The second-order valence-electron chi connectivity index (χ2n) is 3.23. The highest BCUT2D eigenvalue weighted by Crippen LogP contribution is 2.16. The van der Waals surface area contributed by atoms with Crippen LogP contribution in [0.3, 0.4) is 0 Å². The fourth-order valence-electron chi connectivity index (χ4n) is 1.08. The minimum atomic E-state index is 0.778. The van der Waals surface area contributed by atoms with Crippen molar-refractivity contribution < 1.29 is 0 Å². The fraction of sp³-hybridized carbons (Fsp3) is 0.167. The zero-order valence-corrected chi connectivity index (χ0v) is 9.18. The number of nitrogens with two attached hydrogens (primary N) is 1. The lowest BCUT2D eigenvalue weighted by Crippen LogP contribution is -1.84. The summed E-state index contributed by atoms with van der Waals surface area (Å²) in [5.74, 6) is 0. The van der Waals surface area contributed by atoms with E-state index in [1.165, 1.54) is 5.57 Å². The molecule has 0 bridgehead atoms. The van der Waals surface area contributed by atoms with Crippen molar-refractivity contribution >= 4 is 22.9 Å². The molecule has 0 unspecified atom stereocenters. The molecule has 0 aromatic heterocycles. The van der Waals surface area contributed by atoms with Gasteiger partial charge >= 0.3 is 0 Å². The standard InChI is InChI=1S/C12H14ClN/c1-9(3-4-10(2)13)11-5-7-12(14)8-6-11/h3-8H,14H2,1-2H3/b9-3+,10-4+. The lowest BCUT2D eigenvalue weighted by molar-refractivity contribution is 1.55. The fourth-order valence-corrected chi connectivity index (χ4v) is 1.15. The summed E-state index contributed by atoms with van der Waals surface area (Å²) in [7, 11) is 0. The molecule has 2 heteroatoms. The molecule has 0 aliphatic carbocycles. The molecule has 0 aliphatic heterocycles. The molecule has 1 aromatic carbocycles. The van der Waals surface area contributed by atoms with Gasteiger partial charge in [-0.3, -0.25) is 0 Å². The van der Waals surface area contributed by atoms with Crippen molar-refractivity contribution in [3.63, 3.8) is 0 Å². The average molecular weight is 208 g/mol. The van der Waals surface area contributed by atoms with Crippen molar-refractivity contribution in [2.45, 2.75) is 13.8 Å². The Balaban J connectivity index is 2.89. The zero-order chi connectivity index (χ0) is 10.6. The number of hydrogen-bond acceptors (Lipinski definition) is 1. The van der Waals surface area contributed by atoms with Gasteiger partial charge in [0.25, 0.3) is 0 Å². The largest absolute Gasteiger partial charge is 0.399 e. The minimum Gasteiger partial charge on any atom is -0.399 e. The molecule has 0 atom stereocenters. The predicted molar refractivity (Wildman–Crippen MR) is 64.1 cm³/mol. The molecule has 0 radical (unpaired) electrons. The minimum absolute atomic E-state index is 0.778. The number of allylic oxidation sites excluding steroid dienone is 4. The quantitative estimate of drug-likeness (QED) is 0.579. The Morgan fingerprint density at radius 2 is 1.71 bits per heavy atom. The summed E-state index contributed by atoms with van der Waals surface area (Å²) in [5, 5.41) is 0.778. The number of halogens is 1.